The fraction of sp³-hybridized carbons (Fsp3) is 0.929. The predicted molar refractivity (Wildman–Crippen MR) is 75.1 cm³/mol. The fourth-order valence-corrected chi connectivity index (χ4v) is 2.35. The summed E-state index contributed by atoms with van der Waals surface area (Å²) in [5.74, 6) is 1.29. The quantitative estimate of drug-likeness (QED) is 0.608. The van der Waals surface area contributed by atoms with Crippen molar-refractivity contribution >= 4 is 5.96 Å². The average molecular weight is 239 g/mol. The third-order valence-corrected chi connectivity index (χ3v) is 3.84. The van der Waals surface area contributed by atoms with Crippen molar-refractivity contribution in [3.05, 3.63) is 0 Å². The molecule has 0 amide bonds. The highest BCUT2D eigenvalue weighted by atomic mass is 15.3. The van der Waals surface area contributed by atoms with E-state index in [1.165, 1.54) is 25.7 Å². The highest BCUT2D eigenvalue weighted by Gasteiger charge is 2.29. The van der Waals surface area contributed by atoms with Crippen molar-refractivity contribution < 1.29 is 0 Å². The molecule has 1 rings (SSSR count). The highest BCUT2D eigenvalue weighted by molar-refractivity contribution is 5.78. The van der Waals surface area contributed by atoms with E-state index in [2.05, 4.69) is 44.6 Å². The summed E-state index contributed by atoms with van der Waals surface area (Å²) in [5.41, 5.74) is 6.55. The Morgan fingerprint density at radius 1 is 1.35 bits per heavy atom. The Kier molecular flexibility index (Phi) is 4.84. The summed E-state index contributed by atoms with van der Waals surface area (Å²) in [5, 5.41) is 0. The second-order valence-corrected chi connectivity index (χ2v) is 6.60. The van der Waals surface area contributed by atoms with Gasteiger partial charge in [-0.2, -0.15) is 0 Å². The van der Waals surface area contributed by atoms with Crippen LogP contribution in [0.1, 0.15) is 53.4 Å². The molecule has 0 aromatic carbocycles. The molecule has 0 unspecified atom stereocenters. The first-order valence-corrected chi connectivity index (χ1v) is 6.84. The normalized spacial score (nSPS) is 21.9. The van der Waals surface area contributed by atoms with Crippen LogP contribution in [0, 0.1) is 11.3 Å². The summed E-state index contributed by atoms with van der Waals surface area (Å²) in [6.45, 7) is 9.88. The summed E-state index contributed by atoms with van der Waals surface area (Å²) >= 11 is 0. The van der Waals surface area contributed by atoms with Gasteiger partial charge in [-0.25, -0.2) is 0 Å². The van der Waals surface area contributed by atoms with Gasteiger partial charge in [0.2, 0.25) is 0 Å². The van der Waals surface area contributed by atoms with Crippen LogP contribution in [0.4, 0.5) is 0 Å². The zero-order valence-electron chi connectivity index (χ0n) is 12.2. The zero-order valence-corrected chi connectivity index (χ0v) is 12.2. The van der Waals surface area contributed by atoms with Crippen LogP contribution in [-0.2, 0) is 0 Å². The summed E-state index contributed by atoms with van der Waals surface area (Å²) in [7, 11) is 2.09. The van der Waals surface area contributed by atoms with E-state index in [1.807, 2.05) is 0 Å². The Labute approximate surface area is 106 Å². The molecular weight excluding hydrogens is 210 g/mol. The van der Waals surface area contributed by atoms with Crippen LogP contribution in [0.15, 0.2) is 4.99 Å². The lowest BCUT2D eigenvalue weighted by Gasteiger charge is -2.39. The fourth-order valence-electron chi connectivity index (χ4n) is 2.35. The second kappa shape index (κ2) is 5.74. The van der Waals surface area contributed by atoms with Gasteiger partial charge in [-0.3, -0.25) is 4.99 Å². The van der Waals surface area contributed by atoms with E-state index in [0.29, 0.717) is 23.3 Å². The maximum atomic E-state index is 6.04. The third kappa shape index (κ3) is 4.57. The first kappa shape index (κ1) is 14.3. The number of hydrogen-bond donors (Lipinski definition) is 1. The van der Waals surface area contributed by atoms with Gasteiger partial charge in [0.05, 0.1) is 0 Å². The Morgan fingerprint density at radius 3 is 2.35 bits per heavy atom. The molecule has 2 N–H and O–H groups in total. The molecule has 3 nitrogen and oxygen atoms in total. The molecule has 0 saturated heterocycles. The number of guanidine groups is 1. The molecule has 0 radical (unpaired) electrons. The first-order valence-electron chi connectivity index (χ1n) is 6.84. The molecule has 0 aliphatic heterocycles. The smallest absolute Gasteiger partial charge is 0.191 e. The van der Waals surface area contributed by atoms with Gasteiger partial charge in [-0.05, 0) is 37.0 Å². The van der Waals surface area contributed by atoms with Crippen LogP contribution in [0.3, 0.4) is 0 Å². The third-order valence-electron chi connectivity index (χ3n) is 3.84. The molecule has 0 aromatic heterocycles. The van der Waals surface area contributed by atoms with E-state index in [9.17, 15) is 0 Å². The average Bonchev–Trinajstić information content (AvgIpc) is 2.25. The summed E-state index contributed by atoms with van der Waals surface area (Å²) in [6.07, 6.45) is 5.06. The SMILES string of the molecule is CC(C)CN=C(N)N(C)C1CCC(C)(C)CC1. The lowest BCUT2D eigenvalue weighted by molar-refractivity contribution is 0.168. The van der Waals surface area contributed by atoms with Crippen molar-refractivity contribution in [3.63, 3.8) is 0 Å². The molecule has 17 heavy (non-hydrogen) atoms. The largest absolute Gasteiger partial charge is 0.370 e. The van der Waals surface area contributed by atoms with Crippen LogP contribution in [0.25, 0.3) is 0 Å². The summed E-state index contributed by atoms with van der Waals surface area (Å²) in [6, 6.07) is 0.582. The van der Waals surface area contributed by atoms with Crippen molar-refractivity contribution in [1.82, 2.24) is 4.90 Å². The zero-order chi connectivity index (χ0) is 13.1. The molecule has 100 valence electrons. The molecule has 0 atom stereocenters. The Balaban J connectivity index is 2.48. The lowest BCUT2D eigenvalue weighted by atomic mass is 9.75. The number of rotatable bonds is 3. The maximum Gasteiger partial charge on any atom is 0.191 e. The minimum absolute atomic E-state index is 0.515. The minimum Gasteiger partial charge on any atom is -0.370 e. The number of nitrogens with two attached hydrogens (primary N) is 1. The van der Waals surface area contributed by atoms with Crippen molar-refractivity contribution in [2.75, 3.05) is 13.6 Å². The minimum atomic E-state index is 0.515. The van der Waals surface area contributed by atoms with Crippen molar-refractivity contribution in [3.8, 4) is 0 Å². The topological polar surface area (TPSA) is 41.6 Å². The summed E-state index contributed by atoms with van der Waals surface area (Å²) in [4.78, 5) is 6.63. The van der Waals surface area contributed by atoms with Crippen LogP contribution in [0.5, 0.6) is 0 Å². The van der Waals surface area contributed by atoms with E-state index in [-0.39, 0.29) is 0 Å². The van der Waals surface area contributed by atoms with Crippen LogP contribution in [-0.4, -0.2) is 30.5 Å². The Bertz CT molecular complexity index is 259. The molecular formula is C14H29N3. The maximum absolute atomic E-state index is 6.04. The summed E-state index contributed by atoms with van der Waals surface area (Å²) < 4.78 is 0. The van der Waals surface area contributed by atoms with Gasteiger partial charge in [0, 0.05) is 19.6 Å². The van der Waals surface area contributed by atoms with Crippen LogP contribution >= 0.6 is 0 Å². The van der Waals surface area contributed by atoms with Crippen LogP contribution < -0.4 is 5.73 Å². The standard InChI is InChI=1S/C14H29N3/c1-11(2)10-16-13(15)17(5)12-6-8-14(3,4)9-7-12/h11-12H,6-10H2,1-5H3,(H2,15,16). The van der Waals surface area contributed by atoms with E-state index < -0.39 is 0 Å². The van der Waals surface area contributed by atoms with Gasteiger partial charge >= 0.3 is 0 Å². The van der Waals surface area contributed by atoms with Crippen molar-refractivity contribution in [1.29, 1.82) is 0 Å². The molecule has 1 saturated carbocycles. The Morgan fingerprint density at radius 2 is 1.88 bits per heavy atom. The van der Waals surface area contributed by atoms with Gasteiger partial charge in [0.1, 0.15) is 0 Å². The van der Waals surface area contributed by atoms with E-state index in [1.54, 1.807) is 0 Å². The number of hydrogen-bond acceptors (Lipinski definition) is 1. The lowest BCUT2D eigenvalue weighted by Crippen LogP contribution is -2.44. The predicted octanol–water partition coefficient (Wildman–Crippen LogP) is 2.86. The molecule has 0 bridgehead atoms. The molecule has 1 aliphatic carbocycles. The van der Waals surface area contributed by atoms with E-state index >= 15 is 0 Å². The number of aliphatic imine (C=N–C) groups is 1. The highest BCUT2D eigenvalue weighted by Crippen LogP contribution is 2.36. The van der Waals surface area contributed by atoms with Gasteiger partial charge < -0.3 is 10.6 Å². The van der Waals surface area contributed by atoms with Crippen LogP contribution in [0.2, 0.25) is 0 Å². The molecule has 3 heteroatoms. The van der Waals surface area contributed by atoms with E-state index in [4.69, 9.17) is 5.73 Å². The second-order valence-electron chi connectivity index (χ2n) is 6.60. The number of nitrogens with zero attached hydrogens (tertiary/aromatic N) is 2. The first-order chi connectivity index (χ1) is 7.82. The molecule has 0 spiro atoms. The van der Waals surface area contributed by atoms with Gasteiger partial charge in [0.15, 0.2) is 5.96 Å². The Hall–Kier alpha value is -0.730. The van der Waals surface area contributed by atoms with E-state index in [0.717, 1.165) is 6.54 Å². The van der Waals surface area contributed by atoms with Gasteiger partial charge in [-0.15, -0.1) is 0 Å². The molecule has 1 aliphatic rings. The molecule has 0 aromatic rings. The monoisotopic (exact) mass is 239 g/mol. The van der Waals surface area contributed by atoms with Gasteiger partial charge in [-0.1, -0.05) is 27.7 Å². The van der Waals surface area contributed by atoms with Gasteiger partial charge in [0.25, 0.3) is 0 Å². The van der Waals surface area contributed by atoms with Crippen molar-refractivity contribution in [2.24, 2.45) is 22.1 Å². The van der Waals surface area contributed by atoms with Crippen molar-refractivity contribution in [2.45, 2.75) is 59.4 Å². The molecule has 0 heterocycles. The molecule has 1 fully saturated rings.